The molecule has 4 rings (SSSR count). The fraction of sp³-hybridized carbons (Fsp3) is 0.316. The second-order valence-corrected chi connectivity index (χ2v) is 10.6. The molecule has 1 aliphatic carbocycles. The molecule has 0 unspecified atom stereocenters. The first-order valence-corrected chi connectivity index (χ1v) is 12.3. The Labute approximate surface area is 192 Å². The van der Waals surface area contributed by atoms with Crippen LogP contribution in [0.15, 0.2) is 40.2 Å². The molecule has 0 atom stereocenters. The summed E-state index contributed by atoms with van der Waals surface area (Å²) in [6.45, 7) is 1.80. The second-order valence-electron chi connectivity index (χ2n) is 7.26. The lowest BCUT2D eigenvalue weighted by Gasteiger charge is -2.17. The molecule has 1 aliphatic rings. The molecule has 1 saturated carbocycles. The van der Waals surface area contributed by atoms with Crippen LogP contribution in [0.25, 0.3) is 11.0 Å². The Balaban J connectivity index is 1.75. The van der Waals surface area contributed by atoms with Crippen LogP contribution in [-0.4, -0.2) is 23.0 Å². The topological polar surface area (TPSA) is 106 Å². The van der Waals surface area contributed by atoms with Crippen LogP contribution in [0.4, 0.5) is 11.6 Å². The zero-order valence-corrected chi connectivity index (χ0v) is 19.8. The summed E-state index contributed by atoms with van der Waals surface area (Å²) in [5.74, 6) is 0.321. The summed E-state index contributed by atoms with van der Waals surface area (Å²) in [6.07, 6.45) is 5.61. The Morgan fingerprint density at radius 3 is 2.63 bits per heavy atom. The highest BCUT2D eigenvalue weighted by atomic mass is 127. The number of rotatable bonds is 5. The number of sulfonamides is 1. The monoisotopic (exact) mass is 559 g/mol. The highest BCUT2D eigenvalue weighted by Crippen LogP contribution is 2.31. The van der Waals surface area contributed by atoms with Crippen LogP contribution in [0.1, 0.15) is 37.3 Å². The Morgan fingerprint density at radius 1 is 1.23 bits per heavy atom. The Morgan fingerprint density at radius 2 is 1.97 bits per heavy atom. The zero-order chi connectivity index (χ0) is 21.5. The number of pyridine rings is 1. The molecule has 0 radical (unpaired) electrons. The molecule has 2 heterocycles. The number of aryl methyl sites for hydroxylation is 1. The van der Waals surface area contributed by atoms with E-state index in [2.05, 4.69) is 18.2 Å². The number of benzene rings is 1. The van der Waals surface area contributed by atoms with Gasteiger partial charge >= 0.3 is 0 Å². The van der Waals surface area contributed by atoms with Crippen LogP contribution in [0.3, 0.4) is 0 Å². The van der Waals surface area contributed by atoms with Crippen LogP contribution in [-0.2, 0) is 10.0 Å². The van der Waals surface area contributed by atoms with Gasteiger partial charge in [-0.15, -0.1) is 0 Å². The third-order valence-corrected chi connectivity index (χ3v) is 8.36. The van der Waals surface area contributed by atoms with E-state index < -0.39 is 10.0 Å². The van der Waals surface area contributed by atoms with Crippen molar-refractivity contribution in [2.24, 2.45) is 0 Å². The summed E-state index contributed by atoms with van der Waals surface area (Å²) in [7, 11) is -3.54. The van der Waals surface area contributed by atoms with E-state index >= 15 is 0 Å². The maximum atomic E-state index is 12.7. The van der Waals surface area contributed by atoms with E-state index in [9.17, 15) is 13.2 Å². The van der Waals surface area contributed by atoms with Crippen molar-refractivity contribution in [1.29, 1.82) is 0 Å². The summed E-state index contributed by atoms with van der Waals surface area (Å²) < 4.78 is 27.9. The number of nitrogens with one attached hydrogen (secondary N) is 2. The standard InChI is InChI=1S/C19H19ClIN5O3S/c1-11-8-14(30(28,29)25-21)6-7-16(11)23-19-22-10-12-9-15(20)18(27)26(17(12)24-19)13-4-2-3-5-13/h6-10,13,25H,2-5H2,1H3,(H,22,23,24). The average Bonchev–Trinajstić information content (AvgIpc) is 3.25. The molecule has 0 amide bonds. The minimum atomic E-state index is -3.54. The van der Waals surface area contributed by atoms with Gasteiger partial charge in [0.05, 0.1) is 4.90 Å². The molecule has 0 bridgehead atoms. The summed E-state index contributed by atoms with van der Waals surface area (Å²) in [6, 6.07) is 6.41. The SMILES string of the molecule is Cc1cc(S(=O)(=O)NI)ccc1Nc1ncc2cc(Cl)c(=O)n(C3CCCC3)c2n1. The van der Waals surface area contributed by atoms with Crippen molar-refractivity contribution in [2.75, 3.05) is 5.32 Å². The lowest BCUT2D eigenvalue weighted by Crippen LogP contribution is -2.25. The van der Waals surface area contributed by atoms with E-state index in [4.69, 9.17) is 11.6 Å². The van der Waals surface area contributed by atoms with E-state index in [0.29, 0.717) is 22.7 Å². The lowest BCUT2D eigenvalue weighted by molar-refractivity contribution is 0.516. The predicted octanol–water partition coefficient (Wildman–Crippen LogP) is 4.24. The second kappa shape index (κ2) is 8.40. The zero-order valence-electron chi connectivity index (χ0n) is 16.0. The van der Waals surface area contributed by atoms with Crippen molar-refractivity contribution in [3.05, 3.63) is 51.4 Å². The van der Waals surface area contributed by atoms with Gasteiger partial charge in [-0.3, -0.25) is 9.36 Å². The number of hydrogen-bond donors (Lipinski definition) is 2. The van der Waals surface area contributed by atoms with Crippen LogP contribution in [0, 0.1) is 6.92 Å². The van der Waals surface area contributed by atoms with Crippen molar-refractivity contribution in [3.63, 3.8) is 0 Å². The third kappa shape index (κ3) is 4.05. The Hall–Kier alpha value is -1.76. The van der Waals surface area contributed by atoms with Crippen LogP contribution in [0.5, 0.6) is 0 Å². The van der Waals surface area contributed by atoms with Gasteiger partial charge in [-0.05, 0) is 49.6 Å². The van der Waals surface area contributed by atoms with E-state index in [1.54, 1.807) is 58.8 Å². The summed E-state index contributed by atoms with van der Waals surface area (Å²) in [4.78, 5) is 21.8. The molecule has 158 valence electrons. The van der Waals surface area contributed by atoms with Gasteiger partial charge in [0, 0.05) is 46.2 Å². The molecule has 30 heavy (non-hydrogen) atoms. The molecule has 1 fully saturated rings. The highest BCUT2D eigenvalue weighted by molar-refractivity contribution is 14.1. The van der Waals surface area contributed by atoms with Crippen molar-refractivity contribution in [3.8, 4) is 0 Å². The van der Waals surface area contributed by atoms with Crippen molar-refractivity contribution in [2.45, 2.75) is 43.5 Å². The number of nitrogens with zero attached hydrogens (tertiary/aromatic N) is 3. The largest absolute Gasteiger partial charge is 0.324 e. The first-order chi connectivity index (χ1) is 14.3. The maximum Gasteiger partial charge on any atom is 0.271 e. The summed E-state index contributed by atoms with van der Waals surface area (Å²) in [5.41, 5.74) is 1.69. The van der Waals surface area contributed by atoms with Crippen LogP contribution < -0.4 is 13.8 Å². The highest BCUT2D eigenvalue weighted by Gasteiger charge is 2.22. The number of halogens is 2. The van der Waals surface area contributed by atoms with Gasteiger partial charge in [-0.2, -0.15) is 7.92 Å². The molecule has 0 aliphatic heterocycles. The molecule has 11 heteroatoms. The first kappa shape index (κ1) is 21.5. The van der Waals surface area contributed by atoms with Gasteiger partial charge in [-0.1, -0.05) is 24.4 Å². The minimum Gasteiger partial charge on any atom is -0.324 e. The fourth-order valence-corrected chi connectivity index (χ4v) is 5.40. The summed E-state index contributed by atoms with van der Waals surface area (Å²) >= 11 is 7.76. The molecule has 2 N–H and O–H groups in total. The molecule has 1 aromatic carbocycles. The van der Waals surface area contributed by atoms with E-state index in [-0.39, 0.29) is 21.5 Å². The Bertz CT molecular complexity index is 1290. The van der Waals surface area contributed by atoms with E-state index in [0.717, 1.165) is 31.2 Å². The third-order valence-electron chi connectivity index (χ3n) is 5.28. The molecule has 0 spiro atoms. The number of anilines is 2. The number of aromatic nitrogens is 3. The minimum absolute atomic E-state index is 0.0773. The number of hydrogen-bond acceptors (Lipinski definition) is 6. The van der Waals surface area contributed by atoms with Crippen molar-refractivity contribution < 1.29 is 8.42 Å². The average molecular weight is 560 g/mol. The van der Waals surface area contributed by atoms with Gasteiger partial charge in [0.15, 0.2) is 0 Å². The van der Waals surface area contributed by atoms with Gasteiger partial charge < -0.3 is 5.32 Å². The molecule has 8 nitrogen and oxygen atoms in total. The Kier molecular flexibility index (Phi) is 6.02. The van der Waals surface area contributed by atoms with Gasteiger partial charge in [0.25, 0.3) is 5.56 Å². The van der Waals surface area contributed by atoms with Crippen LogP contribution in [0.2, 0.25) is 5.02 Å². The van der Waals surface area contributed by atoms with Crippen molar-refractivity contribution in [1.82, 2.24) is 17.5 Å². The normalized spacial score (nSPS) is 15.0. The molecular weight excluding hydrogens is 541 g/mol. The molecule has 3 aromatic rings. The van der Waals surface area contributed by atoms with E-state index in [1.807, 2.05) is 0 Å². The quantitative estimate of drug-likeness (QED) is 0.358. The predicted molar refractivity (Wildman–Crippen MR) is 125 cm³/mol. The summed E-state index contributed by atoms with van der Waals surface area (Å²) in [5, 5.41) is 3.98. The van der Waals surface area contributed by atoms with Crippen molar-refractivity contribution >= 4 is 67.2 Å². The van der Waals surface area contributed by atoms with E-state index in [1.165, 1.54) is 6.07 Å². The van der Waals surface area contributed by atoms with Gasteiger partial charge in [0.1, 0.15) is 10.7 Å². The van der Waals surface area contributed by atoms with Gasteiger partial charge in [-0.25, -0.2) is 13.4 Å². The first-order valence-electron chi connectivity index (χ1n) is 9.38. The lowest BCUT2D eigenvalue weighted by atomic mass is 10.2. The van der Waals surface area contributed by atoms with Gasteiger partial charge in [0.2, 0.25) is 16.0 Å². The maximum absolute atomic E-state index is 12.7. The van der Waals surface area contributed by atoms with Crippen LogP contribution >= 0.6 is 34.5 Å². The number of fused-ring (bicyclic) bond motifs is 1. The molecule has 2 aromatic heterocycles. The smallest absolute Gasteiger partial charge is 0.271 e. The molecular formula is C19H19ClIN5O3S. The fourth-order valence-electron chi connectivity index (χ4n) is 3.76. The molecule has 0 saturated heterocycles.